The Labute approximate surface area is 69.6 Å². The van der Waals surface area contributed by atoms with Crippen LogP contribution in [0.25, 0.3) is 0 Å². The van der Waals surface area contributed by atoms with E-state index in [4.69, 9.17) is 0 Å². The van der Waals surface area contributed by atoms with Crippen molar-refractivity contribution < 1.29 is 4.79 Å². The van der Waals surface area contributed by atoms with Gasteiger partial charge in [-0.15, -0.1) is 0 Å². The van der Waals surface area contributed by atoms with Gasteiger partial charge >= 0.3 is 0 Å². The zero-order valence-electron chi connectivity index (χ0n) is 6.59. The topological polar surface area (TPSA) is 70.7 Å². The van der Waals surface area contributed by atoms with Crippen LogP contribution in [0, 0.1) is 11.8 Å². The molecule has 2 N–H and O–H groups in total. The van der Waals surface area contributed by atoms with E-state index >= 15 is 0 Å². The summed E-state index contributed by atoms with van der Waals surface area (Å²) in [5.41, 5.74) is 0.682. The Morgan fingerprint density at radius 3 is 3.25 bits per heavy atom. The van der Waals surface area contributed by atoms with Gasteiger partial charge in [-0.25, -0.2) is 0 Å². The summed E-state index contributed by atoms with van der Waals surface area (Å²) < 4.78 is 0. The van der Waals surface area contributed by atoms with Crippen LogP contribution < -0.4 is 5.32 Å². The molecular formula is C7H8N4O. The maximum atomic E-state index is 10.8. The van der Waals surface area contributed by atoms with Crippen molar-refractivity contribution in [3.63, 3.8) is 0 Å². The van der Waals surface area contributed by atoms with Crippen molar-refractivity contribution in [3.8, 4) is 11.8 Å². The van der Waals surface area contributed by atoms with Gasteiger partial charge in [0.2, 0.25) is 0 Å². The highest BCUT2D eigenvalue weighted by Gasteiger charge is 1.97. The fourth-order valence-electron chi connectivity index (χ4n) is 0.639. The molecule has 1 heterocycles. The van der Waals surface area contributed by atoms with Gasteiger partial charge in [0.15, 0.2) is 0 Å². The maximum Gasteiger partial charge on any atom is 0.296 e. The largest absolute Gasteiger partial charge is 0.339 e. The van der Waals surface area contributed by atoms with E-state index in [0.29, 0.717) is 12.2 Å². The molecule has 5 nitrogen and oxygen atoms in total. The van der Waals surface area contributed by atoms with Crippen molar-refractivity contribution in [2.24, 2.45) is 0 Å². The number of hydrogen-bond donors (Lipinski definition) is 2. The third kappa shape index (κ3) is 2.42. The fraction of sp³-hybridized carbons (Fsp3) is 0.286. The lowest BCUT2D eigenvalue weighted by Crippen LogP contribution is -2.20. The van der Waals surface area contributed by atoms with Crippen LogP contribution in [0.2, 0.25) is 0 Å². The van der Waals surface area contributed by atoms with Gasteiger partial charge in [-0.05, 0) is 12.8 Å². The molecule has 0 fully saturated rings. The molecule has 0 radical (unpaired) electrons. The van der Waals surface area contributed by atoms with Crippen LogP contribution in [0.1, 0.15) is 12.6 Å². The van der Waals surface area contributed by atoms with Crippen LogP contribution in [0.5, 0.6) is 0 Å². The zero-order valence-corrected chi connectivity index (χ0v) is 6.59. The van der Waals surface area contributed by atoms with Gasteiger partial charge in [0.1, 0.15) is 5.69 Å². The van der Waals surface area contributed by atoms with E-state index in [-0.39, 0.29) is 5.91 Å². The molecule has 12 heavy (non-hydrogen) atoms. The normalized spacial score (nSPS) is 8.42. The van der Waals surface area contributed by atoms with Crippen LogP contribution in [-0.4, -0.2) is 21.3 Å². The number of aromatic amines is 1. The van der Waals surface area contributed by atoms with E-state index in [2.05, 4.69) is 32.6 Å². The predicted molar refractivity (Wildman–Crippen MR) is 41.7 cm³/mol. The van der Waals surface area contributed by atoms with Crippen molar-refractivity contribution in [1.82, 2.24) is 20.7 Å². The molecule has 1 rings (SSSR count). The molecule has 0 aliphatic rings. The number of amides is 1. The number of nitrogens with one attached hydrogen (secondary N) is 2. The summed E-state index contributed by atoms with van der Waals surface area (Å²) >= 11 is 0. The van der Waals surface area contributed by atoms with Gasteiger partial charge in [-0.2, -0.15) is 15.4 Å². The van der Waals surface area contributed by atoms with Crippen molar-refractivity contribution in [1.29, 1.82) is 0 Å². The predicted octanol–water partition coefficient (Wildman–Crippen LogP) is -0.556. The summed E-state index contributed by atoms with van der Waals surface area (Å²) in [6.07, 6.45) is 1.54. The van der Waals surface area contributed by atoms with E-state index in [1.165, 1.54) is 0 Å². The van der Waals surface area contributed by atoms with Crippen LogP contribution in [0.3, 0.4) is 0 Å². The zero-order chi connectivity index (χ0) is 8.81. The number of H-pyrrole nitrogens is 1. The Kier molecular flexibility index (Phi) is 2.85. The molecule has 0 aliphatic carbocycles. The molecular weight excluding hydrogens is 156 g/mol. The minimum Gasteiger partial charge on any atom is -0.339 e. The van der Waals surface area contributed by atoms with Gasteiger partial charge in [-0.3, -0.25) is 4.79 Å². The molecule has 1 aromatic rings. The van der Waals surface area contributed by atoms with Crippen molar-refractivity contribution in [2.75, 3.05) is 0 Å². The quantitative estimate of drug-likeness (QED) is 0.576. The second kappa shape index (κ2) is 4.13. The van der Waals surface area contributed by atoms with Crippen molar-refractivity contribution >= 4 is 5.91 Å². The molecule has 0 saturated heterocycles. The Morgan fingerprint density at radius 1 is 1.83 bits per heavy atom. The number of aromatic nitrogens is 3. The molecule has 62 valence electrons. The number of carbonyl (C=O) groups is 1. The first-order valence-electron chi connectivity index (χ1n) is 3.38. The lowest BCUT2D eigenvalue weighted by atomic mass is 10.4. The number of carbonyl (C=O) groups excluding carboxylic acids is 1. The van der Waals surface area contributed by atoms with E-state index in [0.717, 1.165) is 0 Å². The molecule has 0 aromatic carbocycles. The van der Waals surface area contributed by atoms with E-state index in [9.17, 15) is 4.79 Å². The van der Waals surface area contributed by atoms with Crippen molar-refractivity contribution in [3.05, 3.63) is 11.9 Å². The molecule has 0 unspecified atom stereocenters. The highest BCUT2D eigenvalue weighted by Crippen LogP contribution is 1.85. The van der Waals surface area contributed by atoms with E-state index in [1.807, 2.05) is 0 Å². The van der Waals surface area contributed by atoms with Gasteiger partial charge in [0, 0.05) is 0 Å². The summed E-state index contributed by atoms with van der Waals surface area (Å²) in [5, 5.41) is 12.3. The van der Waals surface area contributed by atoms with Gasteiger partial charge < -0.3 is 5.32 Å². The van der Waals surface area contributed by atoms with Crippen LogP contribution in [-0.2, 0) is 11.3 Å². The van der Waals surface area contributed by atoms with Gasteiger partial charge in [0.25, 0.3) is 5.91 Å². The third-order valence-electron chi connectivity index (χ3n) is 1.13. The maximum absolute atomic E-state index is 10.8. The molecule has 0 saturated carbocycles. The molecule has 0 atom stereocenters. The molecule has 5 heteroatoms. The second-order valence-corrected chi connectivity index (χ2v) is 2.02. The SMILES string of the molecule is CC#CC(=O)NCc1cn[nH]n1. The number of hydrogen-bond acceptors (Lipinski definition) is 3. The first kappa shape index (κ1) is 8.27. The summed E-state index contributed by atoms with van der Waals surface area (Å²) in [6.45, 7) is 1.96. The lowest BCUT2D eigenvalue weighted by molar-refractivity contribution is -0.115. The summed E-state index contributed by atoms with van der Waals surface area (Å²) in [7, 11) is 0. The minimum absolute atomic E-state index is 0.305. The molecule has 0 bridgehead atoms. The first-order chi connectivity index (χ1) is 5.83. The minimum atomic E-state index is -0.305. The van der Waals surface area contributed by atoms with Gasteiger partial charge in [-0.1, -0.05) is 5.92 Å². The summed E-state index contributed by atoms with van der Waals surface area (Å²) in [5.74, 6) is 4.54. The summed E-state index contributed by atoms with van der Waals surface area (Å²) in [4.78, 5) is 10.8. The Bertz CT molecular complexity index is 306. The smallest absolute Gasteiger partial charge is 0.296 e. The summed E-state index contributed by atoms with van der Waals surface area (Å²) in [6, 6.07) is 0. The highest BCUT2D eigenvalue weighted by atomic mass is 16.1. The Balaban J connectivity index is 2.35. The van der Waals surface area contributed by atoms with Crippen LogP contribution >= 0.6 is 0 Å². The molecule has 1 amide bonds. The average Bonchev–Trinajstić information content (AvgIpc) is 2.53. The standard InChI is InChI=1S/C7H8N4O/c1-2-3-7(12)8-4-6-5-9-11-10-6/h5H,4H2,1H3,(H,8,12)(H,9,10,11). The molecule has 0 spiro atoms. The van der Waals surface area contributed by atoms with Crippen molar-refractivity contribution in [2.45, 2.75) is 13.5 Å². The third-order valence-corrected chi connectivity index (χ3v) is 1.13. The van der Waals surface area contributed by atoms with E-state index < -0.39 is 0 Å². The first-order valence-corrected chi connectivity index (χ1v) is 3.38. The average molecular weight is 164 g/mol. The fourth-order valence-corrected chi connectivity index (χ4v) is 0.639. The second-order valence-electron chi connectivity index (χ2n) is 2.02. The number of rotatable bonds is 2. The van der Waals surface area contributed by atoms with E-state index in [1.54, 1.807) is 13.1 Å². The Hall–Kier alpha value is -1.83. The monoisotopic (exact) mass is 164 g/mol. The molecule has 1 aromatic heterocycles. The van der Waals surface area contributed by atoms with Crippen LogP contribution in [0.4, 0.5) is 0 Å². The lowest BCUT2D eigenvalue weighted by Gasteiger charge is -1.94. The Morgan fingerprint density at radius 2 is 2.67 bits per heavy atom. The van der Waals surface area contributed by atoms with Crippen LogP contribution in [0.15, 0.2) is 6.20 Å². The van der Waals surface area contributed by atoms with Gasteiger partial charge in [0.05, 0.1) is 12.7 Å². The highest BCUT2D eigenvalue weighted by molar-refractivity contribution is 5.93. The number of nitrogens with zero attached hydrogens (tertiary/aromatic N) is 2. The molecule has 0 aliphatic heterocycles.